The van der Waals surface area contributed by atoms with Crippen LogP contribution in [0.25, 0.3) is 0 Å². The van der Waals surface area contributed by atoms with Crippen LogP contribution in [0.15, 0.2) is 54.6 Å². The summed E-state index contributed by atoms with van der Waals surface area (Å²) in [6, 6.07) is 18.8. The van der Waals surface area contributed by atoms with Gasteiger partial charge in [0.2, 0.25) is 0 Å². The molecule has 100 valence electrons. The Morgan fingerprint density at radius 3 is 2.32 bits per heavy atom. The molecule has 2 aromatic rings. The van der Waals surface area contributed by atoms with Crippen molar-refractivity contribution >= 4 is 0 Å². The van der Waals surface area contributed by atoms with E-state index in [1.807, 2.05) is 25.2 Å². The molecule has 0 radical (unpaired) electrons. The maximum absolute atomic E-state index is 6.03. The van der Waals surface area contributed by atoms with Crippen LogP contribution in [0.3, 0.4) is 0 Å². The minimum atomic E-state index is 0.0887. The third kappa shape index (κ3) is 4.19. The van der Waals surface area contributed by atoms with E-state index < -0.39 is 0 Å². The molecule has 2 rings (SSSR count). The van der Waals surface area contributed by atoms with Crippen molar-refractivity contribution in [2.45, 2.75) is 19.6 Å². The molecule has 0 saturated heterocycles. The number of ether oxygens (including phenoxy) is 1. The molecular formula is C17H21NO. The average molecular weight is 255 g/mol. The van der Waals surface area contributed by atoms with Gasteiger partial charge in [-0.2, -0.15) is 0 Å². The first-order chi connectivity index (χ1) is 9.29. The molecule has 2 heteroatoms. The van der Waals surface area contributed by atoms with E-state index >= 15 is 0 Å². The quantitative estimate of drug-likeness (QED) is 0.853. The zero-order valence-corrected chi connectivity index (χ0v) is 11.6. The van der Waals surface area contributed by atoms with Gasteiger partial charge in [0, 0.05) is 6.54 Å². The molecule has 0 amide bonds. The normalized spacial score (nSPS) is 12.3. The van der Waals surface area contributed by atoms with Crippen molar-refractivity contribution in [1.82, 2.24) is 5.32 Å². The lowest BCUT2D eigenvalue weighted by molar-refractivity contribution is 0.0410. The van der Waals surface area contributed by atoms with E-state index in [0.717, 1.165) is 6.54 Å². The number of nitrogens with one attached hydrogen (secondary N) is 1. The molecule has 2 nitrogen and oxygen atoms in total. The fourth-order valence-corrected chi connectivity index (χ4v) is 2.01. The zero-order valence-electron chi connectivity index (χ0n) is 11.6. The predicted octanol–water partition coefficient (Wildman–Crippen LogP) is 3.47. The van der Waals surface area contributed by atoms with Crippen LogP contribution in [0.5, 0.6) is 0 Å². The van der Waals surface area contributed by atoms with Crippen LogP contribution in [0, 0.1) is 6.92 Å². The monoisotopic (exact) mass is 255 g/mol. The summed E-state index contributed by atoms with van der Waals surface area (Å²) < 4.78 is 6.03. The molecule has 0 spiro atoms. The molecule has 1 unspecified atom stereocenters. The summed E-state index contributed by atoms with van der Waals surface area (Å²) >= 11 is 0. The number of likely N-dealkylation sites (N-methyl/N-ethyl adjacent to an activating group) is 1. The predicted molar refractivity (Wildman–Crippen MR) is 79.1 cm³/mol. The highest BCUT2D eigenvalue weighted by Gasteiger charge is 2.10. The first-order valence-electron chi connectivity index (χ1n) is 6.66. The summed E-state index contributed by atoms with van der Waals surface area (Å²) in [6.07, 6.45) is 0.0887. The van der Waals surface area contributed by atoms with Crippen LogP contribution in [0.1, 0.15) is 22.8 Å². The highest BCUT2D eigenvalue weighted by atomic mass is 16.5. The van der Waals surface area contributed by atoms with Crippen LogP contribution in [0.2, 0.25) is 0 Å². The Labute approximate surface area is 115 Å². The lowest BCUT2D eigenvalue weighted by Gasteiger charge is -2.18. The van der Waals surface area contributed by atoms with E-state index in [1.54, 1.807) is 0 Å². The zero-order chi connectivity index (χ0) is 13.5. The Morgan fingerprint density at radius 2 is 1.68 bits per heavy atom. The van der Waals surface area contributed by atoms with Gasteiger partial charge in [-0.25, -0.2) is 0 Å². The molecule has 0 heterocycles. The maximum atomic E-state index is 6.03. The van der Waals surface area contributed by atoms with Gasteiger partial charge in [0.05, 0.1) is 12.7 Å². The van der Waals surface area contributed by atoms with Gasteiger partial charge < -0.3 is 10.1 Å². The van der Waals surface area contributed by atoms with Crippen molar-refractivity contribution in [3.05, 3.63) is 71.3 Å². The number of hydrogen-bond acceptors (Lipinski definition) is 2. The molecule has 1 atom stereocenters. The summed E-state index contributed by atoms with van der Waals surface area (Å²) in [5, 5.41) is 3.19. The third-order valence-electron chi connectivity index (χ3n) is 3.13. The number of benzene rings is 2. The van der Waals surface area contributed by atoms with Crippen LogP contribution in [0.4, 0.5) is 0 Å². The van der Waals surface area contributed by atoms with Gasteiger partial charge in [0.25, 0.3) is 0 Å². The molecule has 0 aliphatic carbocycles. The molecular weight excluding hydrogens is 234 g/mol. The smallest absolute Gasteiger partial charge is 0.0953 e. The minimum Gasteiger partial charge on any atom is -0.368 e. The van der Waals surface area contributed by atoms with E-state index in [9.17, 15) is 0 Å². The number of rotatable bonds is 6. The summed E-state index contributed by atoms with van der Waals surface area (Å²) in [6.45, 7) is 3.55. The third-order valence-corrected chi connectivity index (χ3v) is 3.13. The second-order valence-corrected chi connectivity index (χ2v) is 4.75. The molecule has 0 saturated carbocycles. The maximum Gasteiger partial charge on any atom is 0.0953 e. The lowest BCUT2D eigenvalue weighted by Crippen LogP contribution is -2.19. The SMILES string of the molecule is CNCC(OCc1ccccc1)c1ccc(C)cc1. The fourth-order valence-electron chi connectivity index (χ4n) is 2.01. The van der Waals surface area contributed by atoms with Gasteiger partial charge in [0.1, 0.15) is 0 Å². The topological polar surface area (TPSA) is 21.3 Å². The molecule has 19 heavy (non-hydrogen) atoms. The second kappa shape index (κ2) is 7.07. The highest BCUT2D eigenvalue weighted by molar-refractivity contribution is 5.23. The van der Waals surface area contributed by atoms with Crippen LogP contribution < -0.4 is 5.32 Å². The lowest BCUT2D eigenvalue weighted by atomic mass is 10.1. The Morgan fingerprint density at radius 1 is 1.00 bits per heavy atom. The summed E-state index contributed by atoms with van der Waals surface area (Å²) in [5.74, 6) is 0. The molecule has 0 aliphatic heterocycles. The number of aryl methyl sites for hydroxylation is 1. The van der Waals surface area contributed by atoms with Gasteiger partial charge in [-0.1, -0.05) is 60.2 Å². The van der Waals surface area contributed by atoms with Crippen molar-refractivity contribution in [3.8, 4) is 0 Å². The average Bonchev–Trinajstić information content (AvgIpc) is 2.46. The van der Waals surface area contributed by atoms with E-state index in [4.69, 9.17) is 4.74 Å². The van der Waals surface area contributed by atoms with Crippen molar-refractivity contribution in [2.24, 2.45) is 0 Å². The Kier molecular flexibility index (Phi) is 5.13. The van der Waals surface area contributed by atoms with Gasteiger partial charge in [-0.3, -0.25) is 0 Å². The summed E-state index contributed by atoms with van der Waals surface area (Å²) in [4.78, 5) is 0. The van der Waals surface area contributed by atoms with Crippen LogP contribution in [-0.2, 0) is 11.3 Å². The van der Waals surface area contributed by atoms with E-state index in [-0.39, 0.29) is 6.10 Å². The standard InChI is InChI=1S/C17H21NO/c1-14-8-10-16(11-9-14)17(12-18-2)19-13-15-6-4-3-5-7-15/h3-11,17-18H,12-13H2,1-2H3. The summed E-state index contributed by atoms with van der Waals surface area (Å²) in [7, 11) is 1.95. The first kappa shape index (κ1) is 13.8. The number of hydrogen-bond donors (Lipinski definition) is 1. The molecule has 0 aliphatic rings. The van der Waals surface area contributed by atoms with Crippen molar-refractivity contribution in [3.63, 3.8) is 0 Å². The molecule has 0 aromatic heterocycles. The van der Waals surface area contributed by atoms with Gasteiger partial charge >= 0.3 is 0 Å². The van der Waals surface area contributed by atoms with E-state index in [1.165, 1.54) is 16.7 Å². The molecule has 0 bridgehead atoms. The summed E-state index contributed by atoms with van der Waals surface area (Å²) in [5.41, 5.74) is 3.70. The van der Waals surface area contributed by atoms with Gasteiger partial charge in [0.15, 0.2) is 0 Å². The largest absolute Gasteiger partial charge is 0.368 e. The minimum absolute atomic E-state index is 0.0887. The van der Waals surface area contributed by atoms with Crippen molar-refractivity contribution in [1.29, 1.82) is 0 Å². The molecule has 2 aromatic carbocycles. The highest BCUT2D eigenvalue weighted by Crippen LogP contribution is 2.19. The van der Waals surface area contributed by atoms with E-state index in [0.29, 0.717) is 6.61 Å². The molecule has 0 fully saturated rings. The molecule has 1 N–H and O–H groups in total. The van der Waals surface area contributed by atoms with Gasteiger partial charge in [-0.05, 0) is 25.1 Å². The van der Waals surface area contributed by atoms with Gasteiger partial charge in [-0.15, -0.1) is 0 Å². The van der Waals surface area contributed by atoms with E-state index in [2.05, 4.69) is 48.6 Å². The first-order valence-corrected chi connectivity index (χ1v) is 6.66. The fraction of sp³-hybridized carbons (Fsp3) is 0.294. The van der Waals surface area contributed by atoms with Crippen molar-refractivity contribution < 1.29 is 4.74 Å². The Balaban J connectivity index is 2.02. The van der Waals surface area contributed by atoms with Crippen LogP contribution >= 0.6 is 0 Å². The second-order valence-electron chi connectivity index (χ2n) is 4.75. The Bertz CT molecular complexity index is 478. The van der Waals surface area contributed by atoms with Crippen molar-refractivity contribution in [2.75, 3.05) is 13.6 Å². The Hall–Kier alpha value is -1.64. The van der Waals surface area contributed by atoms with Crippen LogP contribution in [-0.4, -0.2) is 13.6 Å².